The van der Waals surface area contributed by atoms with Crippen molar-refractivity contribution in [2.45, 2.75) is 211 Å². The number of hydrogen-bond acceptors (Lipinski definition) is 8. The van der Waals surface area contributed by atoms with Crippen molar-refractivity contribution < 1.29 is 8.78 Å². The highest BCUT2D eigenvalue weighted by molar-refractivity contribution is 5.64. The molecule has 0 saturated carbocycles. The van der Waals surface area contributed by atoms with Crippen molar-refractivity contribution in [1.82, 2.24) is 60.4 Å². The SMILES string of the molecule is CCn1cc(-c2ccc(C(C)NC(C)(C)C)cc2)cn1.CCn1cc(-c2ccc(C(C)NC(C)(C)C)cc2)cn1.CCn1cc(-c2ccc(C(C)NC(C)(C)C)cc2)cn1.CCn1cc(-c2ccc(C(C)NC(C)(C)C)cc2)cn1.CF.CF. The molecule has 8 rings (SSSR count). The summed E-state index contributed by atoms with van der Waals surface area (Å²) in [5.41, 5.74) is 15.3. The zero-order chi connectivity index (χ0) is 63.0. The Labute approximate surface area is 505 Å². The lowest BCUT2D eigenvalue weighted by Gasteiger charge is -2.26. The Morgan fingerprint density at radius 2 is 0.452 bits per heavy atom. The molecule has 0 aliphatic carbocycles. The monoisotopic (exact) mass is 1150 g/mol. The van der Waals surface area contributed by atoms with Crippen molar-refractivity contribution in [1.29, 1.82) is 0 Å². The van der Waals surface area contributed by atoms with Gasteiger partial charge in [-0.2, -0.15) is 20.4 Å². The summed E-state index contributed by atoms with van der Waals surface area (Å²) in [6, 6.07) is 36.4. The predicted molar refractivity (Wildman–Crippen MR) is 353 cm³/mol. The number of alkyl halides is 2. The molecule has 14 heteroatoms. The Morgan fingerprint density at radius 3 is 0.571 bits per heavy atom. The molecule has 460 valence electrons. The van der Waals surface area contributed by atoms with Crippen LogP contribution in [-0.4, -0.2) is 75.6 Å². The van der Waals surface area contributed by atoms with E-state index in [0.717, 1.165) is 26.2 Å². The molecule has 4 N–H and O–H groups in total. The zero-order valence-electron chi connectivity index (χ0n) is 55.3. The first-order valence-corrected chi connectivity index (χ1v) is 29.9. The van der Waals surface area contributed by atoms with Crippen LogP contribution < -0.4 is 21.3 Å². The van der Waals surface area contributed by atoms with E-state index in [-0.39, 0.29) is 22.2 Å². The molecule has 12 nitrogen and oxygen atoms in total. The minimum Gasteiger partial charge on any atom is -0.306 e. The van der Waals surface area contributed by atoms with Crippen molar-refractivity contribution in [3.8, 4) is 44.5 Å². The maximum Gasteiger partial charge on any atom is 0.0785 e. The fraction of sp³-hybridized carbons (Fsp3) is 0.486. The molecule has 8 aromatic rings. The summed E-state index contributed by atoms with van der Waals surface area (Å²) in [5.74, 6) is 0. The summed E-state index contributed by atoms with van der Waals surface area (Å²) >= 11 is 0. The van der Waals surface area contributed by atoms with E-state index in [9.17, 15) is 8.78 Å². The van der Waals surface area contributed by atoms with Crippen LogP contribution in [0.2, 0.25) is 0 Å². The van der Waals surface area contributed by atoms with E-state index in [1.165, 1.54) is 66.8 Å². The fourth-order valence-electron chi connectivity index (χ4n) is 9.53. The number of aryl methyl sites for hydroxylation is 4. The molecule has 4 aromatic carbocycles. The highest BCUT2D eigenvalue weighted by Crippen LogP contribution is 2.27. The minimum atomic E-state index is 0.125. The molecule has 84 heavy (non-hydrogen) atoms. The van der Waals surface area contributed by atoms with Crippen molar-refractivity contribution >= 4 is 0 Å². The van der Waals surface area contributed by atoms with Gasteiger partial charge in [-0.15, -0.1) is 0 Å². The number of benzene rings is 4. The Kier molecular flexibility index (Phi) is 28.8. The van der Waals surface area contributed by atoms with Gasteiger partial charge in [0.05, 0.1) is 39.1 Å². The van der Waals surface area contributed by atoms with Gasteiger partial charge in [0.1, 0.15) is 0 Å². The number of rotatable bonds is 16. The van der Waals surface area contributed by atoms with Crippen molar-refractivity contribution in [3.63, 3.8) is 0 Å². The largest absolute Gasteiger partial charge is 0.306 e. The van der Waals surface area contributed by atoms with Crippen LogP contribution >= 0.6 is 0 Å². The third kappa shape index (κ3) is 24.9. The quantitative estimate of drug-likeness (QED) is 0.0755. The minimum absolute atomic E-state index is 0.125. The van der Waals surface area contributed by atoms with Gasteiger partial charge in [-0.1, -0.05) is 97.1 Å². The lowest BCUT2D eigenvalue weighted by atomic mass is 10.0. The Bertz CT molecular complexity index is 2610. The molecule has 0 bridgehead atoms. The summed E-state index contributed by atoms with van der Waals surface area (Å²) < 4.78 is 26.8. The molecule has 0 spiro atoms. The highest BCUT2D eigenvalue weighted by atomic mass is 19.1. The Hall–Kier alpha value is -6.58. The molecular weight excluding hydrogens is 1050 g/mol. The van der Waals surface area contributed by atoms with Gasteiger partial charge in [0, 0.05) is 120 Å². The maximum absolute atomic E-state index is 9.50. The molecule has 0 fully saturated rings. The van der Waals surface area contributed by atoms with E-state index < -0.39 is 0 Å². The van der Waals surface area contributed by atoms with Gasteiger partial charge >= 0.3 is 0 Å². The smallest absolute Gasteiger partial charge is 0.0785 e. The Balaban J connectivity index is 0.000000287. The van der Waals surface area contributed by atoms with Crippen LogP contribution in [-0.2, 0) is 26.2 Å². The van der Waals surface area contributed by atoms with Gasteiger partial charge < -0.3 is 21.3 Å². The van der Waals surface area contributed by atoms with Crippen LogP contribution in [0.3, 0.4) is 0 Å². The molecule has 0 aliphatic rings. The number of halogens is 2. The first-order valence-electron chi connectivity index (χ1n) is 29.9. The lowest BCUT2D eigenvalue weighted by molar-refractivity contribution is 0.378. The second-order valence-corrected chi connectivity index (χ2v) is 25.3. The summed E-state index contributed by atoms with van der Waals surface area (Å²) in [5, 5.41) is 31.7. The van der Waals surface area contributed by atoms with E-state index in [4.69, 9.17) is 0 Å². The topological polar surface area (TPSA) is 119 Å². The number of nitrogens with zero attached hydrogens (tertiary/aromatic N) is 8. The van der Waals surface area contributed by atoms with E-state index >= 15 is 0 Å². The van der Waals surface area contributed by atoms with Gasteiger partial charge in [0.2, 0.25) is 0 Å². The summed E-state index contributed by atoms with van der Waals surface area (Å²) in [7, 11) is 1.00. The highest BCUT2D eigenvalue weighted by Gasteiger charge is 2.19. The average Bonchev–Trinajstić information content (AvgIpc) is 4.44. The molecule has 0 saturated heterocycles. The van der Waals surface area contributed by atoms with Crippen molar-refractivity contribution in [2.24, 2.45) is 0 Å². The summed E-state index contributed by atoms with van der Waals surface area (Å²) in [4.78, 5) is 0. The molecule has 0 aliphatic heterocycles. The maximum atomic E-state index is 9.50. The summed E-state index contributed by atoms with van der Waals surface area (Å²) in [6.45, 7) is 47.1. The predicted octanol–water partition coefficient (Wildman–Crippen LogP) is 17.2. The van der Waals surface area contributed by atoms with Gasteiger partial charge in [-0.3, -0.25) is 27.5 Å². The molecule has 4 heterocycles. The molecule has 0 radical (unpaired) electrons. The molecule has 4 atom stereocenters. The average molecular weight is 1150 g/mol. The third-order valence-corrected chi connectivity index (χ3v) is 13.4. The van der Waals surface area contributed by atoms with E-state index in [0.29, 0.717) is 38.5 Å². The van der Waals surface area contributed by atoms with Crippen LogP contribution in [0.4, 0.5) is 8.78 Å². The first-order chi connectivity index (χ1) is 39.5. The van der Waals surface area contributed by atoms with Crippen LogP contribution in [0, 0.1) is 0 Å². The van der Waals surface area contributed by atoms with E-state index in [1.54, 1.807) is 0 Å². The molecular formula is C70H106F2N12. The number of hydrogen-bond donors (Lipinski definition) is 4. The standard InChI is InChI=1S/4C17H25N3.2CH3F/c4*1-6-20-12-16(11-18-20)15-9-7-14(8-10-15)13(2)19-17(3,4)5;2*1-2/h4*7-13,19H,6H2,1-5H3;2*1H3. The second-order valence-electron chi connectivity index (χ2n) is 25.3. The van der Waals surface area contributed by atoms with Gasteiger partial charge in [0.15, 0.2) is 0 Å². The third-order valence-electron chi connectivity index (χ3n) is 13.4. The van der Waals surface area contributed by atoms with Gasteiger partial charge in [0.25, 0.3) is 0 Å². The van der Waals surface area contributed by atoms with Crippen molar-refractivity contribution in [2.75, 3.05) is 14.4 Å². The second kappa shape index (κ2) is 33.8. The lowest BCUT2D eigenvalue weighted by Crippen LogP contribution is -2.37. The Morgan fingerprint density at radius 1 is 0.298 bits per heavy atom. The zero-order valence-corrected chi connectivity index (χ0v) is 55.3. The van der Waals surface area contributed by atoms with Gasteiger partial charge in [-0.05, 0) is 183 Å². The van der Waals surface area contributed by atoms with E-state index in [1.807, 2.05) is 43.5 Å². The fourth-order valence-corrected chi connectivity index (χ4v) is 9.53. The number of aromatic nitrogens is 8. The molecule has 4 unspecified atom stereocenters. The number of nitrogens with one attached hydrogen (secondary N) is 4. The first kappa shape index (κ1) is 71.7. The normalized spacial score (nSPS) is 13.0. The van der Waals surface area contributed by atoms with Crippen LogP contribution in [0.15, 0.2) is 147 Å². The van der Waals surface area contributed by atoms with Crippen LogP contribution in [0.25, 0.3) is 44.5 Å². The molecule has 0 amide bonds. The van der Waals surface area contributed by atoms with Gasteiger partial charge in [-0.25, -0.2) is 0 Å². The summed E-state index contributed by atoms with van der Waals surface area (Å²) in [6.07, 6.45) is 16.1. The van der Waals surface area contributed by atoms with E-state index in [2.05, 4.69) is 302 Å². The van der Waals surface area contributed by atoms with Crippen LogP contribution in [0.1, 0.15) is 185 Å². The molecule has 4 aromatic heterocycles. The van der Waals surface area contributed by atoms with Crippen molar-refractivity contribution in [3.05, 3.63) is 169 Å². The van der Waals surface area contributed by atoms with Crippen LogP contribution in [0.5, 0.6) is 0 Å².